The van der Waals surface area contributed by atoms with Gasteiger partial charge in [-0.3, -0.25) is 4.90 Å². The number of rotatable bonds is 9. The van der Waals surface area contributed by atoms with Crippen LogP contribution in [0.1, 0.15) is 42.4 Å². The standard InChI is InChI=1S/C29H31F5N2O/c1-21(37-28-7-3-2-6-27(28)29(32,33)34)36-19-17-35(18-20-36)16-4-5-26(22-8-12-24(30)13-9-22)23-10-14-25(31)15-11-23/h2-3,6-15,21,26H,4-5,16-20H2,1H3. The van der Waals surface area contributed by atoms with E-state index in [1.807, 2.05) is 4.90 Å². The van der Waals surface area contributed by atoms with Gasteiger partial charge in [0.05, 0.1) is 5.56 Å². The van der Waals surface area contributed by atoms with E-state index in [0.29, 0.717) is 13.1 Å². The molecule has 0 saturated carbocycles. The topological polar surface area (TPSA) is 15.7 Å². The van der Waals surface area contributed by atoms with E-state index in [4.69, 9.17) is 4.74 Å². The third-order valence-corrected chi connectivity index (χ3v) is 6.92. The second-order valence-electron chi connectivity index (χ2n) is 9.39. The molecule has 0 spiro atoms. The van der Waals surface area contributed by atoms with Gasteiger partial charge in [0, 0.05) is 32.1 Å². The number of nitrogens with zero attached hydrogens (tertiary/aromatic N) is 2. The number of ether oxygens (including phenoxy) is 1. The average molecular weight is 519 g/mol. The summed E-state index contributed by atoms with van der Waals surface area (Å²) in [6.07, 6.45) is -3.23. The molecule has 4 rings (SSSR count). The highest BCUT2D eigenvalue weighted by Crippen LogP contribution is 2.36. The lowest BCUT2D eigenvalue weighted by Crippen LogP contribution is -2.51. The Morgan fingerprint density at radius 3 is 1.86 bits per heavy atom. The molecule has 1 fully saturated rings. The van der Waals surface area contributed by atoms with Gasteiger partial charge in [0.1, 0.15) is 23.6 Å². The predicted octanol–water partition coefficient (Wildman–Crippen LogP) is 6.94. The van der Waals surface area contributed by atoms with Crippen LogP contribution < -0.4 is 4.74 Å². The van der Waals surface area contributed by atoms with Crippen LogP contribution in [0, 0.1) is 11.6 Å². The molecule has 1 unspecified atom stereocenters. The first-order chi connectivity index (χ1) is 17.7. The minimum atomic E-state index is -4.46. The zero-order valence-corrected chi connectivity index (χ0v) is 20.7. The maximum atomic E-state index is 13.5. The van der Waals surface area contributed by atoms with Crippen LogP contribution in [-0.4, -0.2) is 48.8 Å². The van der Waals surface area contributed by atoms with Crippen molar-refractivity contribution in [3.63, 3.8) is 0 Å². The molecule has 3 aromatic rings. The number of halogens is 5. The summed E-state index contributed by atoms with van der Waals surface area (Å²) < 4.78 is 72.5. The highest BCUT2D eigenvalue weighted by molar-refractivity contribution is 5.36. The lowest BCUT2D eigenvalue weighted by molar-refractivity contribution is -0.140. The number of hydrogen-bond acceptors (Lipinski definition) is 3. The van der Waals surface area contributed by atoms with Crippen LogP contribution in [0.3, 0.4) is 0 Å². The molecule has 0 amide bonds. The Morgan fingerprint density at radius 1 is 0.784 bits per heavy atom. The monoisotopic (exact) mass is 518 g/mol. The molecule has 1 atom stereocenters. The van der Waals surface area contributed by atoms with Gasteiger partial charge in [0.25, 0.3) is 0 Å². The van der Waals surface area contributed by atoms with Gasteiger partial charge in [-0.25, -0.2) is 8.78 Å². The van der Waals surface area contributed by atoms with Crippen LogP contribution >= 0.6 is 0 Å². The SMILES string of the molecule is CC(Oc1ccccc1C(F)(F)F)N1CCN(CCCC(c2ccc(F)cc2)c2ccc(F)cc2)CC1. The van der Waals surface area contributed by atoms with Crippen molar-refractivity contribution in [1.82, 2.24) is 9.80 Å². The summed E-state index contributed by atoms with van der Waals surface area (Å²) in [5.41, 5.74) is 1.21. The Kier molecular flexibility index (Phi) is 8.82. The van der Waals surface area contributed by atoms with Crippen molar-refractivity contribution in [2.75, 3.05) is 32.7 Å². The molecule has 1 aliphatic heterocycles. The van der Waals surface area contributed by atoms with E-state index < -0.39 is 18.0 Å². The van der Waals surface area contributed by atoms with Gasteiger partial charge in [-0.15, -0.1) is 0 Å². The van der Waals surface area contributed by atoms with E-state index in [-0.39, 0.29) is 23.3 Å². The second-order valence-corrected chi connectivity index (χ2v) is 9.39. The smallest absolute Gasteiger partial charge is 0.419 e. The van der Waals surface area contributed by atoms with Crippen molar-refractivity contribution in [2.45, 2.75) is 38.1 Å². The fraction of sp³-hybridized carbons (Fsp3) is 0.379. The van der Waals surface area contributed by atoms with E-state index in [1.54, 1.807) is 37.3 Å². The zero-order valence-electron chi connectivity index (χ0n) is 20.7. The fourth-order valence-electron chi connectivity index (χ4n) is 4.85. The van der Waals surface area contributed by atoms with Gasteiger partial charge in [0.2, 0.25) is 0 Å². The third kappa shape index (κ3) is 7.29. The van der Waals surface area contributed by atoms with E-state index in [9.17, 15) is 22.0 Å². The molecule has 1 aliphatic rings. The Labute approximate surface area is 214 Å². The first-order valence-electron chi connectivity index (χ1n) is 12.5. The molecule has 8 heteroatoms. The van der Waals surface area contributed by atoms with Crippen molar-refractivity contribution >= 4 is 0 Å². The van der Waals surface area contributed by atoms with Crippen LogP contribution in [0.4, 0.5) is 22.0 Å². The summed E-state index contributed by atoms with van der Waals surface area (Å²) in [5.74, 6) is -0.707. The Morgan fingerprint density at radius 2 is 1.32 bits per heavy atom. The molecular formula is C29H31F5N2O. The molecule has 3 aromatic carbocycles. The summed E-state index contributed by atoms with van der Waals surface area (Å²) >= 11 is 0. The largest absolute Gasteiger partial charge is 0.475 e. The number of para-hydroxylation sites is 1. The first-order valence-corrected chi connectivity index (χ1v) is 12.5. The zero-order chi connectivity index (χ0) is 26.4. The number of alkyl halides is 3. The normalized spacial score (nSPS) is 16.2. The minimum absolute atomic E-state index is 0.0320. The first kappa shape index (κ1) is 27.1. The molecule has 0 bridgehead atoms. The van der Waals surface area contributed by atoms with Crippen molar-refractivity contribution < 1.29 is 26.7 Å². The van der Waals surface area contributed by atoms with Crippen molar-refractivity contribution in [1.29, 1.82) is 0 Å². The summed E-state index contributed by atoms with van der Waals surface area (Å²) in [6.45, 7) is 5.58. The Balaban J connectivity index is 1.29. The summed E-state index contributed by atoms with van der Waals surface area (Å²) in [5, 5.41) is 0. The molecule has 3 nitrogen and oxygen atoms in total. The quantitative estimate of drug-likeness (QED) is 0.286. The van der Waals surface area contributed by atoms with Crippen molar-refractivity contribution in [3.8, 4) is 5.75 Å². The molecule has 0 aromatic heterocycles. The maximum Gasteiger partial charge on any atom is 0.419 e. The molecule has 37 heavy (non-hydrogen) atoms. The van der Waals surface area contributed by atoms with Gasteiger partial charge in [0.15, 0.2) is 0 Å². The van der Waals surface area contributed by atoms with Crippen LogP contribution in [0.15, 0.2) is 72.8 Å². The molecule has 1 heterocycles. The van der Waals surface area contributed by atoms with Gasteiger partial charge in [-0.1, -0.05) is 36.4 Å². The summed E-state index contributed by atoms with van der Waals surface area (Å²) in [7, 11) is 0. The van der Waals surface area contributed by atoms with Crippen molar-refractivity contribution in [2.24, 2.45) is 0 Å². The third-order valence-electron chi connectivity index (χ3n) is 6.92. The lowest BCUT2D eigenvalue weighted by atomic mass is 9.87. The van der Waals surface area contributed by atoms with Gasteiger partial charge in [-0.2, -0.15) is 13.2 Å². The van der Waals surface area contributed by atoms with Gasteiger partial charge in [-0.05, 0) is 73.8 Å². The number of benzene rings is 3. The highest BCUT2D eigenvalue weighted by Gasteiger charge is 2.35. The average Bonchev–Trinajstić information content (AvgIpc) is 2.88. The molecule has 0 N–H and O–H groups in total. The maximum absolute atomic E-state index is 13.5. The molecular weight excluding hydrogens is 487 g/mol. The summed E-state index contributed by atoms with van der Waals surface area (Å²) in [6, 6.07) is 18.2. The minimum Gasteiger partial charge on any atom is -0.475 e. The van der Waals surface area contributed by atoms with E-state index in [1.165, 1.54) is 36.4 Å². The fourth-order valence-corrected chi connectivity index (χ4v) is 4.85. The highest BCUT2D eigenvalue weighted by atomic mass is 19.4. The van der Waals surface area contributed by atoms with E-state index in [2.05, 4.69) is 4.90 Å². The van der Waals surface area contributed by atoms with Crippen LogP contribution in [0.2, 0.25) is 0 Å². The molecule has 0 aliphatic carbocycles. The van der Waals surface area contributed by atoms with Crippen molar-refractivity contribution in [3.05, 3.63) is 101 Å². The Hall–Kier alpha value is -2.97. The summed E-state index contributed by atoms with van der Waals surface area (Å²) in [4.78, 5) is 4.38. The van der Waals surface area contributed by atoms with E-state index >= 15 is 0 Å². The molecule has 0 radical (unpaired) electrons. The van der Waals surface area contributed by atoms with Crippen LogP contribution in [-0.2, 0) is 6.18 Å². The predicted molar refractivity (Wildman–Crippen MR) is 133 cm³/mol. The number of hydrogen-bond donors (Lipinski definition) is 0. The number of piperazine rings is 1. The van der Waals surface area contributed by atoms with Crippen LogP contribution in [0.5, 0.6) is 5.75 Å². The van der Waals surface area contributed by atoms with E-state index in [0.717, 1.165) is 49.7 Å². The lowest BCUT2D eigenvalue weighted by Gasteiger charge is -2.38. The Bertz CT molecular complexity index is 1080. The molecule has 198 valence electrons. The van der Waals surface area contributed by atoms with Gasteiger partial charge >= 0.3 is 6.18 Å². The van der Waals surface area contributed by atoms with Gasteiger partial charge < -0.3 is 9.64 Å². The second kappa shape index (κ2) is 12.0. The van der Waals surface area contributed by atoms with Crippen LogP contribution in [0.25, 0.3) is 0 Å². The molecule has 1 saturated heterocycles.